The number of benzene rings is 9. The van der Waals surface area contributed by atoms with Gasteiger partial charge in [0, 0.05) is 58.8 Å². The summed E-state index contributed by atoms with van der Waals surface area (Å²) in [6, 6.07) is 75.7. The molecule has 0 radical (unpaired) electrons. The van der Waals surface area contributed by atoms with Crippen LogP contribution >= 0.6 is 11.3 Å². The van der Waals surface area contributed by atoms with Crippen molar-refractivity contribution in [3.8, 4) is 73.2 Å². The van der Waals surface area contributed by atoms with Gasteiger partial charge in [0.2, 0.25) is 0 Å². The average molecular weight is 887 g/mol. The third-order valence-electron chi connectivity index (χ3n) is 12.6. The minimum absolute atomic E-state index is 0.593. The largest absolute Gasteiger partial charge is 0.308 e. The fourth-order valence-corrected chi connectivity index (χ4v) is 10.5. The molecular weight excluding hydrogens is 845 g/mol. The molecule has 0 saturated heterocycles. The summed E-state index contributed by atoms with van der Waals surface area (Å²) in [5, 5.41) is 4.97. The van der Waals surface area contributed by atoms with Gasteiger partial charge in [-0.25, -0.2) is 15.0 Å². The standard InChI is InChI=1S/C63H42N4S/c1-2-3-4-8-19-42-30-32-45(33-31-42)52-38-49(63-65-61(47-22-11-6-12-23-47)64-62(66-63)48-24-13-7-14-25-48)39-53(46-36-34-44(35-37-46)43-20-9-5-10-21-43)60(52)67-56-28-17-15-26-50(56)54-40-55-51-27-16-18-29-58(51)68-59(55)41-57(54)67/h2-41H,1H2/b4-3-,19-8+. The van der Waals surface area contributed by atoms with Crippen molar-refractivity contribution in [3.05, 3.63) is 249 Å². The van der Waals surface area contributed by atoms with Crippen LogP contribution in [0.3, 0.4) is 0 Å². The van der Waals surface area contributed by atoms with Crippen molar-refractivity contribution in [1.29, 1.82) is 0 Å². The molecular formula is C63H42N4S. The van der Waals surface area contributed by atoms with Crippen LogP contribution < -0.4 is 0 Å². The first-order chi connectivity index (χ1) is 33.7. The molecule has 4 nitrogen and oxygen atoms in total. The van der Waals surface area contributed by atoms with Crippen LogP contribution in [-0.2, 0) is 0 Å². The summed E-state index contributed by atoms with van der Waals surface area (Å²) < 4.78 is 5.04. The van der Waals surface area contributed by atoms with Gasteiger partial charge in [0.15, 0.2) is 17.5 Å². The van der Waals surface area contributed by atoms with Crippen LogP contribution in [0.4, 0.5) is 0 Å². The Hall–Kier alpha value is -8.77. The van der Waals surface area contributed by atoms with Crippen LogP contribution in [0.5, 0.6) is 0 Å². The van der Waals surface area contributed by atoms with Crippen LogP contribution in [0, 0.1) is 0 Å². The van der Waals surface area contributed by atoms with Gasteiger partial charge in [0.1, 0.15) is 0 Å². The van der Waals surface area contributed by atoms with E-state index in [1.807, 2.05) is 66.0 Å². The number of hydrogen-bond acceptors (Lipinski definition) is 4. The predicted molar refractivity (Wildman–Crippen MR) is 288 cm³/mol. The molecule has 0 atom stereocenters. The maximum atomic E-state index is 5.28. The van der Waals surface area contributed by atoms with E-state index in [9.17, 15) is 0 Å². The molecule has 0 N–H and O–H groups in total. The van der Waals surface area contributed by atoms with Crippen molar-refractivity contribution in [3.63, 3.8) is 0 Å². The molecule has 9 aromatic carbocycles. The second kappa shape index (κ2) is 17.6. The van der Waals surface area contributed by atoms with E-state index in [0.29, 0.717) is 17.5 Å². The summed E-state index contributed by atoms with van der Waals surface area (Å²) in [7, 11) is 0. The average Bonchev–Trinajstić information content (AvgIpc) is 3.94. The summed E-state index contributed by atoms with van der Waals surface area (Å²) >= 11 is 1.85. The molecule has 5 heteroatoms. The Kier molecular flexibility index (Phi) is 10.5. The molecule has 0 aliphatic heterocycles. The molecule has 0 amide bonds. The number of thiophene rings is 1. The Labute approximate surface area is 398 Å². The van der Waals surface area contributed by atoms with Crippen LogP contribution in [0.2, 0.25) is 0 Å². The molecule has 68 heavy (non-hydrogen) atoms. The van der Waals surface area contributed by atoms with Gasteiger partial charge in [-0.15, -0.1) is 11.3 Å². The highest BCUT2D eigenvalue weighted by atomic mass is 32.1. The van der Waals surface area contributed by atoms with Crippen molar-refractivity contribution < 1.29 is 0 Å². The van der Waals surface area contributed by atoms with E-state index in [1.54, 1.807) is 6.08 Å². The van der Waals surface area contributed by atoms with E-state index in [1.165, 1.54) is 36.5 Å². The van der Waals surface area contributed by atoms with Gasteiger partial charge < -0.3 is 4.57 Å². The van der Waals surface area contributed by atoms with E-state index in [2.05, 4.69) is 193 Å². The van der Waals surface area contributed by atoms with Gasteiger partial charge in [0.05, 0.1) is 16.7 Å². The fraction of sp³-hybridized carbons (Fsp3) is 0. The van der Waals surface area contributed by atoms with Crippen molar-refractivity contribution >= 4 is 59.4 Å². The first kappa shape index (κ1) is 40.7. The summed E-state index contributed by atoms with van der Waals surface area (Å²) in [4.78, 5) is 15.6. The zero-order chi connectivity index (χ0) is 45.4. The highest BCUT2D eigenvalue weighted by molar-refractivity contribution is 7.25. The van der Waals surface area contributed by atoms with E-state index in [0.717, 1.165) is 66.8 Å². The summed E-state index contributed by atoms with van der Waals surface area (Å²) in [5.74, 6) is 1.82. The molecule has 0 bridgehead atoms. The van der Waals surface area contributed by atoms with Gasteiger partial charge in [-0.2, -0.15) is 0 Å². The molecule has 12 rings (SSSR count). The van der Waals surface area contributed by atoms with E-state index < -0.39 is 0 Å². The fourth-order valence-electron chi connectivity index (χ4n) is 9.37. The van der Waals surface area contributed by atoms with Crippen LogP contribution in [-0.4, -0.2) is 19.5 Å². The topological polar surface area (TPSA) is 43.6 Å². The number of para-hydroxylation sites is 1. The number of allylic oxidation sites excluding steroid dienone is 4. The summed E-state index contributed by atoms with van der Waals surface area (Å²) in [5.41, 5.74) is 13.7. The second-order valence-corrected chi connectivity index (χ2v) is 17.9. The molecule has 0 spiro atoms. The van der Waals surface area contributed by atoms with Gasteiger partial charge in [0.25, 0.3) is 0 Å². The smallest absolute Gasteiger partial charge is 0.164 e. The molecule has 0 aliphatic carbocycles. The molecule has 3 aromatic heterocycles. The quantitative estimate of drug-likeness (QED) is 0.129. The number of rotatable bonds is 10. The lowest BCUT2D eigenvalue weighted by atomic mass is 9.91. The SMILES string of the molecule is C=C/C=C\C=C\c1ccc(-c2cc(-c3nc(-c4ccccc4)nc(-c4ccccc4)n3)cc(-c3ccc(-c4ccccc4)cc3)c2-n2c3ccccc3c3cc4c(cc32)sc2ccccc24)cc1. The van der Waals surface area contributed by atoms with E-state index in [-0.39, 0.29) is 0 Å². The summed E-state index contributed by atoms with van der Waals surface area (Å²) in [6.07, 6.45) is 9.87. The lowest BCUT2D eigenvalue weighted by Crippen LogP contribution is -2.04. The van der Waals surface area contributed by atoms with Crippen molar-refractivity contribution in [2.24, 2.45) is 0 Å². The maximum Gasteiger partial charge on any atom is 0.164 e. The number of nitrogens with zero attached hydrogens (tertiary/aromatic N) is 4. The normalized spacial score (nSPS) is 11.8. The Morgan fingerprint density at radius 2 is 0.882 bits per heavy atom. The predicted octanol–water partition coefficient (Wildman–Crippen LogP) is 17.1. The number of hydrogen-bond donors (Lipinski definition) is 0. The molecule has 3 heterocycles. The highest BCUT2D eigenvalue weighted by Crippen LogP contribution is 2.46. The summed E-state index contributed by atoms with van der Waals surface area (Å²) in [6.45, 7) is 3.82. The number of aromatic nitrogens is 4. The maximum absolute atomic E-state index is 5.28. The Morgan fingerprint density at radius 3 is 1.51 bits per heavy atom. The van der Waals surface area contributed by atoms with Gasteiger partial charge in [-0.05, 0) is 64.2 Å². The molecule has 0 saturated carbocycles. The van der Waals surface area contributed by atoms with Crippen LogP contribution in [0.1, 0.15) is 5.56 Å². The Bertz CT molecular complexity index is 3830. The highest BCUT2D eigenvalue weighted by Gasteiger charge is 2.24. The number of fused-ring (bicyclic) bond motifs is 6. The third-order valence-corrected chi connectivity index (χ3v) is 13.8. The van der Waals surface area contributed by atoms with E-state index >= 15 is 0 Å². The molecule has 0 fully saturated rings. The monoisotopic (exact) mass is 886 g/mol. The first-order valence-corrected chi connectivity index (χ1v) is 23.6. The molecule has 320 valence electrons. The lowest BCUT2D eigenvalue weighted by Gasteiger charge is -2.21. The Balaban J connectivity index is 1.18. The minimum atomic E-state index is 0.593. The van der Waals surface area contributed by atoms with Gasteiger partial charge >= 0.3 is 0 Å². The third kappa shape index (κ3) is 7.51. The van der Waals surface area contributed by atoms with Crippen molar-refractivity contribution in [1.82, 2.24) is 19.5 Å². The van der Waals surface area contributed by atoms with Crippen molar-refractivity contribution in [2.45, 2.75) is 0 Å². The second-order valence-electron chi connectivity index (χ2n) is 16.8. The molecule has 0 unspecified atom stereocenters. The van der Waals surface area contributed by atoms with Gasteiger partial charge in [-0.1, -0.05) is 213 Å². The molecule has 12 aromatic rings. The lowest BCUT2D eigenvalue weighted by molar-refractivity contribution is 1.07. The zero-order valence-corrected chi connectivity index (χ0v) is 37.8. The van der Waals surface area contributed by atoms with Crippen molar-refractivity contribution in [2.75, 3.05) is 0 Å². The van der Waals surface area contributed by atoms with Crippen LogP contribution in [0.25, 0.3) is 121 Å². The van der Waals surface area contributed by atoms with Crippen LogP contribution in [0.15, 0.2) is 243 Å². The Morgan fingerprint density at radius 1 is 0.368 bits per heavy atom. The minimum Gasteiger partial charge on any atom is -0.308 e. The molecule has 0 aliphatic rings. The van der Waals surface area contributed by atoms with Gasteiger partial charge in [-0.3, -0.25) is 0 Å². The first-order valence-electron chi connectivity index (χ1n) is 22.8. The zero-order valence-electron chi connectivity index (χ0n) is 37.0. The van der Waals surface area contributed by atoms with E-state index in [4.69, 9.17) is 15.0 Å².